The van der Waals surface area contributed by atoms with Gasteiger partial charge in [0.1, 0.15) is 5.82 Å². The molecule has 1 aromatic rings. The van der Waals surface area contributed by atoms with Crippen molar-refractivity contribution in [3.8, 4) is 0 Å². The molecule has 1 unspecified atom stereocenters. The highest BCUT2D eigenvalue weighted by Gasteiger charge is 2.22. The van der Waals surface area contributed by atoms with Crippen molar-refractivity contribution in [3.63, 3.8) is 0 Å². The molecule has 1 N–H and O–H groups in total. The van der Waals surface area contributed by atoms with Gasteiger partial charge in [0.05, 0.1) is 10.9 Å². The molecule has 0 saturated carbocycles. The predicted molar refractivity (Wildman–Crippen MR) is 51.8 cm³/mol. The number of halogens is 4. The lowest BCUT2D eigenvalue weighted by molar-refractivity contribution is -0.141. The summed E-state index contributed by atoms with van der Waals surface area (Å²) >= 11 is 5.33. The number of aliphatic carboxylic acids is 1. The molecule has 2 nitrogen and oxygen atoms in total. The van der Waals surface area contributed by atoms with Crippen LogP contribution in [0.1, 0.15) is 12.5 Å². The maximum atomic E-state index is 13.3. The summed E-state index contributed by atoms with van der Waals surface area (Å²) in [7, 11) is 0. The quantitative estimate of drug-likeness (QED) is 0.840. The van der Waals surface area contributed by atoms with Crippen molar-refractivity contribution in [3.05, 3.63) is 34.1 Å². The molecule has 0 bridgehead atoms. The van der Waals surface area contributed by atoms with Crippen LogP contribution in [-0.4, -0.2) is 11.1 Å². The summed E-state index contributed by atoms with van der Waals surface area (Å²) in [6.45, 7) is 1.26. The van der Waals surface area contributed by atoms with Crippen molar-refractivity contribution in [2.24, 2.45) is 5.92 Å². The highest BCUT2D eigenvalue weighted by atomic mass is 35.5. The largest absolute Gasteiger partial charge is 0.481 e. The number of carboxylic acids is 1. The van der Waals surface area contributed by atoms with Gasteiger partial charge in [0.25, 0.3) is 0 Å². The van der Waals surface area contributed by atoms with Gasteiger partial charge in [-0.05, 0) is 12.5 Å². The van der Waals surface area contributed by atoms with Crippen LogP contribution >= 0.6 is 11.6 Å². The van der Waals surface area contributed by atoms with Crippen molar-refractivity contribution in [2.45, 2.75) is 13.3 Å². The van der Waals surface area contributed by atoms with E-state index in [9.17, 15) is 18.0 Å². The second-order valence-electron chi connectivity index (χ2n) is 3.39. The first-order valence-corrected chi connectivity index (χ1v) is 4.77. The average Bonchev–Trinajstić information content (AvgIpc) is 2.21. The molecular formula is C10H8ClF3O2. The Balaban J connectivity index is 3.17. The van der Waals surface area contributed by atoms with E-state index in [4.69, 9.17) is 16.7 Å². The van der Waals surface area contributed by atoms with Crippen molar-refractivity contribution in [2.75, 3.05) is 0 Å². The normalized spacial score (nSPS) is 12.6. The van der Waals surface area contributed by atoms with Crippen molar-refractivity contribution < 1.29 is 23.1 Å². The van der Waals surface area contributed by atoms with Crippen LogP contribution in [0.25, 0.3) is 0 Å². The number of carboxylic acid groups (broad SMARTS) is 1. The van der Waals surface area contributed by atoms with Crippen LogP contribution in [0.15, 0.2) is 6.07 Å². The number of hydrogen-bond acceptors (Lipinski definition) is 1. The third kappa shape index (κ3) is 2.47. The van der Waals surface area contributed by atoms with E-state index in [1.165, 1.54) is 6.92 Å². The fourth-order valence-corrected chi connectivity index (χ4v) is 1.41. The Morgan fingerprint density at radius 3 is 2.50 bits per heavy atom. The van der Waals surface area contributed by atoms with Crippen LogP contribution in [0, 0.1) is 23.4 Å². The zero-order chi connectivity index (χ0) is 12.5. The molecular weight excluding hydrogens is 245 g/mol. The Hall–Kier alpha value is -1.23. The molecule has 0 fully saturated rings. The van der Waals surface area contributed by atoms with E-state index in [-0.39, 0.29) is 0 Å². The van der Waals surface area contributed by atoms with E-state index in [2.05, 4.69) is 0 Å². The lowest BCUT2D eigenvalue weighted by Crippen LogP contribution is -2.15. The molecule has 0 radical (unpaired) electrons. The number of rotatable bonds is 3. The number of carbonyl (C=O) groups is 1. The standard InChI is InChI=1S/C10H8ClF3O2/c1-4(10(15)16)2-5-8(13)6(11)3-7(12)9(5)14/h3-4H,2H2,1H3,(H,15,16). The molecule has 16 heavy (non-hydrogen) atoms. The van der Waals surface area contributed by atoms with Gasteiger partial charge in [-0.25, -0.2) is 13.2 Å². The Bertz CT molecular complexity index is 408. The summed E-state index contributed by atoms with van der Waals surface area (Å²) in [5.41, 5.74) is -0.639. The molecule has 88 valence electrons. The Kier molecular flexibility index (Phi) is 3.80. The Morgan fingerprint density at radius 1 is 1.44 bits per heavy atom. The van der Waals surface area contributed by atoms with Gasteiger partial charge in [0, 0.05) is 5.56 Å². The highest BCUT2D eigenvalue weighted by Crippen LogP contribution is 2.25. The summed E-state index contributed by atoms with van der Waals surface area (Å²) in [6.07, 6.45) is -0.454. The molecule has 0 aliphatic carbocycles. The van der Waals surface area contributed by atoms with Gasteiger partial charge in [-0.15, -0.1) is 0 Å². The lowest BCUT2D eigenvalue weighted by Gasteiger charge is -2.10. The lowest BCUT2D eigenvalue weighted by atomic mass is 10.00. The van der Waals surface area contributed by atoms with E-state index in [1.54, 1.807) is 0 Å². The average molecular weight is 253 g/mol. The number of benzene rings is 1. The summed E-state index contributed by atoms with van der Waals surface area (Å²) < 4.78 is 39.4. The summed E-state index contributed by atoms with van der Waals surface area (Å²) in [5, 5.41) is 8.03. The Labute approximate surface area is 94.6 Å². The smallest absolute Gasteiger partial charge is 0.306 e. The van der Waals surface area contributed by atoms with Crippen LogP contribution < -0.4 is 0 Å². The first-order valence-electron chi connectivity index (χ1n) is 4.39. The highest BCUT2D eigenvalue weighted by molar-refractivity contribution is 6.30. The van der Waals surface area contributed by atoms with Crippen LogP contribution in [0.4, 0.5) is 13.2 Å². The minimum atomic E-state index is -1.39. The van der Waals surface area contributed by atoms with Crippen LogP contribution in [-0.2, 0) is 11.2 Å². The Morgan fingerprint density at radius 2 is 2.00 bits per heavy atom. The third-order valence-corrected chi connectivity index (χ3v) is 2.41. The van der Waals surface area contributed by atoms with Gasteiger partial charge in [0.2, 0.25) is 0 Å². The van der Waals surface area contributed by atoms with E-state index in [0.29, 0.717) is 6.07 Å². The molecule has 0 aliphatic rings. The zero-order valence-electron chi connectivity index (χ0n) is 8.23. The second kappa shape index (κ2) is 4.74. The first-order chi connectivity index (χ1) is 7.34. The van der Waals surface area contributed by atoms with Crippen molar-refractivity contribution in [1.29, 1.82) is 0 Å². The van der Waals surface area contributed by atoms with Crippen LogP contribution in [0.2, 0.25) is 5.02 Å². The van der Waals surface area contributed by atoms with E-state index in [0.717, 1.165) is 0 Å². The fourth-order valence-electron chi connectivity index (χ4n) is 1.20. The minimum Gasteiger partial charge on any atom is -0.481 e. The molecule has 1 aromatic carbocycles. The van der Waals surface area contributed by atoms with Crippen LogP contribution in [0.5, 0.6) is 0 Å². The molecule has 6 heteroatoms. The predicted octanol–water partition coefficient (Wildman–Crippen LogP) is 3.02. The topological polar surface area (TPSA) is 37.3 Å². The molecule has 0 spiro atoms. The number of hydrogen-bond donors (Lipinski definition) is 1. The monoisotopic (exact) mass is 252 g/mol. The van der Waals surface area contributed by atoms with Gasteiger partial charge >= 0.3 is 5.97 Å². The molecule has 0 saturated heterocycles. The van der Waals surface area contributed by atoms with Gasteiger partial charge < -0.3 is 5.11 Å². The summed E-state index contributed by atoms with van der Waals surface area (Å²) in [5.74, 6) is -6.05. The van der Waals surface area contributed by atoms with Crippen molar-refractivity contribution >= 4 is 17.6 Å². The molecule has 0 heterocycles. The van der Waals surface area contributed by atoms with Crippen LogP contribution in [0.3, 0.4) is 0 Å². The SMILES string of the molecule is CC(Cc1c(F)c(F)cc(Cl)c1F)C(=O)O. The molecule has 1 atom stereocenters. The summed E-state index contributed by atoms with van der Waals surface area (Å²) in [4.78, 5) is 10.5. The molecule has 0 aliphatic heterocycles. The third-order valence-electron chi connectivity index (χ3n) is 2.13. The van der Waals surface area contributed by atoms with Gasteiger partial charge in [-0.1, -0.05) is 18.5 Å². The van der Waals surface area contributed by atoms with Gasteiger partial charge in [-0.3, -0.25) is 4.79 Å². The van der Waals surface area contributed by atoms with Crippen molar-refractivity contribution in [1.82, 2.24) is 0 Å². The minimum absolute atomic E-state index is 0.454. The fraction of sp³-hybridized carbons (Fsp3) is 0.300. The molecule has 1 rings (SSSR count). The maximum absolute atomic E-state index is 13.3. The van der Waals surface area contributed by atoms with E-state index < -0.39 is 46.3 Å². The zero-order valence-corrected chi connectivity index (χ0v) is 8.99. The van der Waals surface area contributed by atoms with E-state index >= 15 is 0 Å². The van der Waals surface area contributed by atoms with Gasteiger partial charge in [-0.2, -0.15) is 0 Å². The second-order valence-corrected chi connectivity index (χ2v) is 3.80. The van der Waals surface area contributed by atoms with Gasteiger partial charge in [0.15, 0.2) is 11.6 Å². The maximum Gasteiger partial charge on any atom is 0.306 e. The first kappa shape index (κ1) is 12.8. The molecule has 0 aromatic heterocycles. The summed E-state index contributed by atoms with van der Waals surface area (Å²) in [6, 6.07) is 0.515. The van der Waals surface area contributed by atoms with E-state index in [1.807, 2.05) is 0 Å². The molecule has 0 amide bonds.